The Bertz CT molecular complexity index is 181. The number of nitrogens with two attached hydrogens (primary N) is 1. The van der Waals surface area contributed by atoms with Gasteiger partial charge in [0.25, 0.3) is 0 Å². The van der Waals surface area contributed by atoms with Gasteiger partial charge in [0.2, 0.25) is 0 Å². The summed E-state index contributed by atoms with van der Waals surface area (Å²) in [6, 6.07) is 0. The van der Waals surface area contributed by atoms with Crippen molar-refractivity contribution in [3.63, 3.8) is 0 Å². The van der Waals surface area contributed by atoms with E-state index in [1.54, 1.807) is 7.11 Å². The van der Waals surface area contributed by atoms with E-state index in [0.717, 1.165) is 32.6 Å². The molecule has 0 saturated heterocycles. The van der Waals surface area contributed by atoms with E-state index in [0.29, 0.717) is 12.6 Å². The van der Waals surface area contributed by atoms with Gasteiger partial charge in [-0.2, -0.15) is 0 Å². The predicted octanol–water partition coefficient (Wildman–Crippen LogP) is 0.461. The van der Waals surface area contributed by atoms with Crippen LogP contribution in [0.25, 0.3) is 0 Å². The SMILES string of the molecule is CCOCCN(C)C1(CN)CC(OC)C1. The normalized spacial score (nSPS) is 30.6. The molecule has 0 radical (unpaired) electrons. The van der Waals surface area contributed by atoms with Gasteiger partial charge in [-0.05, 0) is 26.8 Å². The van der Waals surface area contributed by atoms with E-state index in [-0.39, 0.29) is 5.54 Å². The standard InChI is InChI=1S/C11H24N2O2/c1-4-15-6-5-13(2)11(9-12)7-10(8-11)14-3/h10H,4-9,12H2,1-3H3. The third kappa shape index (κ3) is 2.91. The van der Waals surface area contributed by atoms with E-state index < -0.39 is 0 Å². The van der Waals surface area contributed by atoms with Crippen molar-refractivity contribution in [1.82, 2.24) is 4.90 Å². The maximum Gasteiger partial charge on any atom is 0.0607 e. The Labute approximate surface area is 92.7 Å². The van der Waals surface area contributed by atoms with Gasteiger partial charge in [-0.15, -0.1) is 0 Å². The Hall–Kier alpha value is -0.160. The largest absolute Gasteiger partial charge is 0.381 e. The first-order valence-corrected chi connectivity index (χ1v) is 5.70. The number of rotatable bonds is 7. The molecule has 1 saturated carbocycles. The molecule has 0 heterocycles. The summed E-state index contributed by atoms with van der Waals surface area (Å²) in [7, 11) is 3.89. The summed E-state index contributed by atoms with van der Waals surface area (Å²) in [5.74, 6) is 0. The Balaban J connectivity index is 2.32. The molecule has 1 rings (SSSR count). The first-order valence-electron chi connectivity index (χ1n) is 5.70. The molecule has 0 amide bonds. The third-order valence-electron chi connectivity index (χ3n) is 3.51. The number of ether oxygens (including phenoxy) is 2. The van der Waals surface area contributed by atoms with Crippen LogP contribution in [0.5, 0.6) is 0 Å². The summed E-state index contributed by atoms with van der Waals surface area (Å²) >= 11 is 0. The molecule has 2 N–H and O–H groups in total. The van der Waals surface area contributed by atoms with Crippen molar-refractivity contribution in [2.75, 3.05) is 40.5 Å². The zero-order valence-electron chi connectivity index (χ0n) is 10.2. The van der Waals surface area contributed by atoms with Crippen molar-refractivity contribution in [1.29, 1.82) is 0 Å². The molecule has 0 bridgehead atoms. The van der Waals surface area contributed by atoms with E-state index in [9.17, 15) is 0 Å². The molecule has 0 aromatic heterocycles. The predicted molar refractivity (Wildman–Crippen MR) is 60.9 cm³/mol. The van der Waals surface area contributed by atoms with Crippen LogP contribution in [0, 0.1) is 0 Å². The van der Waals surface area contributed by atoms with Crippen molar-refractivity contribution in [3.8, 4) is 0 Å². The van der Waals surface area contributed by atoms with Gasteiger partial charge in [-0.1, -0.05) is 0 Å². The average molecular weight is 216 g/mol. The number of hydrogen-bond donors (Lipinski definition) is 1. The lowest BCUT2D eigenvalue weighted by Gasteiger charge is -2.52. The summed E-state index contributed by atoms with van der Waals surface area (Å²) in [5.41, 5.74) is 6.00. The lowest BCUT2D eigenvalue weighted by atomic mass is 9.73. The Morgan fingerprint density at radius 3 is 2.60 bits per heavy atom. The first kappa shape index (κ1) is 12.9. The fraction of sp³-hybridized carbons (Fsp3) is 1.00. The molecule has 4 heteroatoms. The molecule has 0 aliphatic heterocycles. The van der Waals surface area contributed by atoms with E-state index in [4.69, 9.17) is 15.2 Å². The zero-order valence-corrected chi connectivity index (χ0v) is 10.2. The summed E-state index contributed by atoms with van der Waals surface area (Å²) in [6.07, 6.45) is 2.48. The second-order valence-corrected chi connectivity index (χ2v) is 4.31. The summed E-state index contributed by atoms with van der Waals surface area (Å²) in [5, 5.41) is 0. The lowest BCUT2D eigenvalue weighted by Crippen LogP contribution is -2.63. The average Bonchev–Trinajstić information content (AvgIpc) is 2.18. The second-order valence-electron chi connectivity index (χ2n) is 4.31. The van der Waals surface area contributed by atoms with Crippen LogP contribution in [0.4, 0.5) is 0 Å². The molecule has 90 valence electrons. The van der Waals surface area contributed by atoms with Crippen LogP contribution < -0.4 is 5.73 Å². The van der Waals surface area contributed by atoms with Gasteiger partial charge in [-0.3, -0.25) is 4.90 Å². The molecule has 0 aromatic rings. The van der Waals surface area contributed by atoms with Crippen molar-refractivity contribution >= 4 is 0 Å². The number of hydrogen-bond acceptors (Lipinski definition) is 4. The van der Waals surface area contributed by atoms with Gasteiger partial charge in [0.1, 0.15) is 0 Å². The molecule has 0 unspecified atom stereocenters. The van der Waals surface area contributed by atoms with E-state index in [2.05, 4.69) is 11.9 Å². The Morgan fingerprint density at radius 2 is 2.13 bits per heavy atom. The highest BCUT2D eigenvalue weighted by molar-refractivity contribution is 5.03. The lowest BCUT2D eigenvalue weighted by molar-refractivity contribution is -0.0833. The molecule has 1 fully saturated rings. The number of methoxy groups -OCH3 is 1. The van der Waals surface area contributed by atoms with Crippen LogP contribution in [0.15, 0.2) is 0 Å². The second kappa shape index (κ2) is 5.80. The van der Waals surface area contributed by atoms with Gasteiger partial charge in [0.15, 0.2) is 0 Å². The van der Waals surface area contributed by atoms with Crippen LogP contribution >= 0.6 is 0 Å². The van der Waals surface area contributed by atoms with Crippen molar-refractivity contribution in [2.24, 2.45) is 5.73 Å². The van der Waals surface area contributed by atoms with Gasteiger partial charge in [-0.25, -0.2) is 0 Å². The number of nitrogens with zero attached hydrogens (tertiary/aromatic N) is 1. The van der Waals surface area contributed by atoms with Crippen LogP contribution in [0.1, 0.15) is 19.8 Å². The third-order valence-corrected chi connectivity index (χ3v) is 3.51. The number of likely N-dealkylation sites (N-methyl/N-ethyl adjacent to an activating group) is 1. The monoisotopic (exact) mass is 216 g/mol. The smallest absolute Gasteiger partial charge is 0.0607 e. The van der Waals surface area contributed by atoms with E-state index in [1.165, 1.54) is 0 Å². The van der Waals surface area contributed by atoms with Crippen molar-refractivity contribution in [2.45, 2.75) is 31.4 Å². The summed E-state index contributed by atoms with van der Waals surface area (Å²) in [6.45, 7) is 5.23. The molecule has 4 nitrogen and oxygen atoms in total. The molecule has 15 heavy (non-hydrogen) atoms. The van der Waals surface area contributed by atoms with Crippen molar-refractivity contribution < 1.29 is 9.47 Å². The first-order chi connectivity index (χ1) is 7.18. The summed E-state index contributed by atoms with van der Waals surface area (Å²) in [4.78, 5) is 2.32. The summed E-state index contributed by atoms with van der Waals surface area (Å²) < 4.78 is 10.7. The minimum atomic E-state index is 0.151. The van der Waals surface area contributed by atoms with E-state index >= 15 is 0 Å². The van der Waals surface area contributed by atoms with Gasteiger partial charge < -0.3 is 15.2 Å². The van der Waals surface area contributed by atoms with Crippen LogP contribution in [-0.4, -0.2) is 57.0 Å². The zero-order chi connectivity index (χ0) is 11.3. The molecule has 0 atom stereocenters. The Morgan fingerprint density at radius 1 is 1.47 bits per heavy atom. The van der Waals surface area contributed by atoms with Gasteiger partial charge >= 0.3 is 0 Å². The molecular formula is C11H24N2O2. The maximum absolute atomic E-state index is 5.85. The fourth-order valence-corrected chi connectivity index (χ4v) is 2.17. The highest BCUT2D eigenvalue weighted by Crippen LogP contribution is 2.37. The Kier molecular flexibility index (Phi) is 4.99. The minimum Gasteiger partial charge on any atom is -0.381 e. The van der Waals surface area contributed by atoms with Crippen LogP contribution in [0.2, 0.25) is 0 Å². The minimum absolute atomic E-state index is 0.151. The van der Waals surface area contributed by atoms with E-state index in [1.807, 2.05) is 6.92 Å². The maximum atomic E-state index is 5.85. The quantitative estimate of drug-likeness (QED) is 0.628. The fourth-order valence-electron chi connectivity index (χ4n) is 2.17. The molecule has 1 aliphatic rings. The highest BCUT2D eigenvalue weighted by atomic mass is 16.5. The van der Waals surface area contributed by atoms with Crippen LogP contribution in [-0.2, 0) is 9.47 Å². The topological polar surface area (TPSA) is 47.7 Å². The van der Waals surface area contributed by atoms with Crippen LogP contribution in [0.3, 0.4) is 0 Å². The van der Waals surface area contributed by atoms with Gasteiger partial charge in [0.05, 0.1) is 12.7 Å². The molecule has 1 aliphatic carbocycles. The highest BCUT2D eigenvalue weighted by Gasteiger charge is 2.46. The van der Waals surface area contributed by atoms with Crippen molar-refractivity contribution in [3.05, 3.63) is 0 Å². The van der Waals surface area contributed by atoms with Gasteiger partial charge in [0, 0.05) is 32.3 Å². The molecule has 0 spiro atoms. The molecule has 0 aromatic carbocycles. The molecular weight excluding hydrogens is 192 g/mol.